The number of hydrogen-bond donors (Lipinski definition) is 1. The summed E-state index contributed by atoms with van der Waals surface area (Å²) in [5.41, 5.74) is 3.05. The van der Waals surface area contributed by atoms with Gasteiger partial charge in [0.15, 0.2) is 0 Å². The third-order valence-electron chi connectivity index (χ3n) is 2.69. The van der Waals surface area contributed by atoms with Crippen molar-refractivity contribution in [3.05, 3.63) is 70.8 Å². The standard InChI is InChI=1S/C16H14O2/c1-12-7-9-14(15(11-12)16(17)18)10-8-13-5-3-2-4-6-13/h2-11H,1H3,(H,17,18)/b10-8+. The van der Waals surface area contributed by atoms with Crippen LogP contribution < -0.4 is 0 Å². The molecule has 0 aliphatic heterocycles. The van der Waals surface area contributed by atoms with Gasteiger partial charge in [-0.1, -0.05) is 60.2 Å². The molecule has 0 amide bonds. The van der Waals surface area contributed by atoms with E-state index >= 15 is 0 Å². The molecule has 2 nitrogen and oxygen atoms in total. The first-order chi connectivity index (χ1) is 8.66. The summed E-state index contributed by atoms with van der Waals surface area (Å²) in [6.45, 7) is 1.89. The minimum absolute atomic E-state index is 0.335. The highest BCUT2D eigenvalue weighted by Gasteiger charge is 2.07. The lowest BCUT2D eigenvalue weighted by Gasteiger charge is -2.02. The normalized spacial score (nSPS) is 10.7. The summed E-state index contributed by atoms with van der Waals surface area (Å²) in [6, 6.07) is 15.2. The van der Waals surface area contributed by atoms with Gasteiger partial charge in [0.25, 0.3) is 0 Å². The van der Waals surface area contributed by atoms with Crippen LogP contribution in [0.5, 0.6) is 0 Å². The van der Waals surface area contributed by atoms with Gasteiger partial charge >= 0.3 is 5.97 Å². The SMILES string of the molecule is Cc1ccc(/C=C/c2ccccc2)c(C(=O)O)c1. The van der Waals surface area contributed by atoms with Crippen molar-refractivity contribution in [2.24, 2.45) is 0 Å². The monoisotopic (exact) mass is 238 g/mol. The molecule has 2 aromatic rings. The Labute approximate surface area is 106 Å². The van der Waals surface area contributed by atoms with E-state index < -0.39 is 5.97 Å². The van der Waals surface area contributed by atoms with Gasteiger partial charge in [0.05, 0.1) is 5.56 Å². The zero-order valence-corrected chi connectivity index (χ0v) is 10.1. The maximum Gasteiger partial charge on any atom is 0.336 e. The van der Waals surface area contributed by atoms with Crippen LogP contribution in [0, 0.1) is 6.92 Å². The molecule has 0 saturated carbocycles. The van der Waals surface area contributed by atoms with Gasteiger partial charge in [-0.05, 0) is 24.1 Å². The van der Waals surface area contributed by atoms with E-state index in [0.717, 1.165) is 16.7 Å². The van der Waals surface area contributed by atoms with Gasteiger partial charge < -0.3 is 5.11 Å². The third kappa shape index (κ3) is 2.86. The molecule has 90 valence electrons. The van der Waals surface area contributed by atoms with Crippen LogP contribution in [0.1, 0.15) is 27.0 Å². The summed E-state index contributed by atoms with van der Waals surface area (Å²) in [5, 5.41) is 9.15. The van der Waals surface area contributed by atoms with Crippen molar-refractivity contribution in [2.45, 2.75) is 6.92 Å². The van der Waals surface area contributed by atoms with Crippen LogP contribution in [0.25, 0.3) is 12.2 Å². The van der Waals surface area contributed by atoms with E-state index in [-0.39, 0.29) is 0 Å². The van der Waals surface area contributed by atoms with Gasteiger partial charge in [0.2, 0.25) is 0 Å². The van der Waals surface area contributed by atoms with Gasteiger partial charge in [0.1, 0.15) is 0 Å². The first-order valence-electron chi connectivity index (χ1n) is 5.74. The molecule has 0 aromatic heterocycles. The molecule has 0 atom stereocenters. The number of rotatable bonds is 3. The fourth-order valence-electron chi connectivity index (χ4n) is 1.75. The molecule has 0 saturated heterocycles. The minimum atomic E-state index is -0.897. The predicted molar refractivity (Wildman–Crippen MR) is 73.5 cm³/mol. The van der Waals surface area contributed by atoms with Crippen LogP contribution in [-0.4, -0.2) is 11.1 Å². The molecule has 0 bridgehead atoms. The largest absolute Gasteiger partial charge is 0.478 e. The van der Waals surface area contributed by atoms with E-state index in [2.05, 4.69) is 0 Å². The molecular weight excluding hydrogens is 224 g/mol. The van der Waals surface area contributed by atoms with Gasteiger partial charge in [-0.15, -0.1) is 0 Å². The molecule has 18 heavy (non-hydrogen) atoms. The summed E-state index contributed by atoms with van der Waals surface area (Å²) in [7, 11) is 0. The molecule has 0 aliphatic rings. The molecule has 0 aliphatic carbocycles. The average molecular weight is 238 g/mol. The van der Waals surface area contributed by atoms with Gasteiger partial charge in [-0.2, -0.15) is 0 Å². The fraction of sp³-hybridized carbons (Fsp3) is 0.0625. The second kappa shape index (κ2) is 5.32. The van der Waals surface area contributed by atoms with E-state index in [4.69, 9.17) is 5.11 Å². The highest BCUT2D eigenvalue weighted by atomic mass is 16.4. The molecule has 0 heterocycles. The highest BCUT2D eigenvalue weighted by Crippen LogP contribution is 2.15. The third-order valence-corrected chi connectivity index (χ3v) is 2.69. The Bertz CT molecular complexity index is 583. The molecule has 0 radical (unpaired) electrons. The van der Waals surface area contributed by atoms with Crippen LogP contribution in [0.15, 0.2) is 48.5 Å². The van der Waals surface area contributed by atoms with E-state index in [1.807, 2.05) is 61.5 Å². The number of hydrogen-bond acceptors (Lipinski definition) is 1. The molecule has 0 unspecified atom stereocenters. The molecule has 0 fully saturated rings. The lowest BCUT2D eigenvalue weighted by molar-refractivity contribution is 0.0696. The molecular formula is C16H14O2. The predicted octanol–water partition coefficient (Wildman–Crippen LogP) is 3.86. The van der Waals surface area contributed by atoms with Crippen molar-refractivity contribution >= 4 is 18.1 Å². The summed E-state index contributed by atoms with van der Waals surface area (Å²) >= 11 is 0. The van der Waals surface area contributed by atoms with Gasteiger partial charge in [-0.25, -0.2) is 4.79 Å². The fourth-order valence-corrected chi connectivity index (χ4v) is 1.75. The van der Waals surface area contributed by atoms with E-state index in [1.165, 1.54) is 0 Å². The molecule has 1 N–H and O–H groups in total. The van der Waals surface area contributed by atoms with Crippen LogP contribution >= 0.6 is 0 Å². The Morgan fingerprint density at radius 3 is 2.44 bits per heavy atom. The first kappa shape index (κ1) is 12.1. The summed E-state index contributed by atoms with van der Waals surface area (Å²) in [6.07, 6.45) is 3.75. The van der Waals surface area contributed by atoms with Crippen molar-refractivity contribution in [2.75, 3.05) is 0 Å². The highest BCUT2D eigenvalue weighted by molar-refractivity contribution is 5.93. The maximum atomic E-state index is 11.2. The number of benzene rings is 2. The lowest BCUT2D eigenvalue weighted by atomic mass is 10.0. The molecule has 2 heteroatoms. The number of carboxylic acid groups (broad SMARTS) is 1. The van der Waals surface area contributed by atoms with Crippen LogP contribution in [0.3, 0.4) is 0 Å². The first-order valence-corrected chi connectivity index (χ1v) is 5.74. The number of carboxylic acids is 1. The summed E-state index contributed by atoms with van der Waals surface area (Å²) in [4.78, 5) is 11.2. The number of aryl methyl sites for hydroxylation is 1. The second-order valence-electron chi connectivity index (χ2n) is 4.14. The zero-order chi connectivity index (χ0) is 13.0. The van der Waals surface area contributed by atoms with E-state index in [9.17, 15) is 4.79 Å². The van der Waals surface area contributed by atoms with Gasteiger partial charge in [0, 0.05) is 0 Å². The van der Waals surface area contributed by atoms with Crippen molar-refractivity contribution in [1.82, 2.24) is 0 Å². The topological polar surface area (TPSA) is 37.3 Å². The van der Waals surface area contributed by atoms with Crippen molar-refractivity contribution in [3.8, 4) is 0 Å². The lowest BCUT2D eigenvalue weighted by Crippen LogP contribution is -1.99. The Morgan fingerprint density at radius 2 is 1.78 bits per heavy atom. The zero-order valence-electron chi connectivity index (χ0n) is 10.1. The van der Waals surface area contributed by atoms with Crippen molar-refractivity contribution in [3.63, 3.8) is 0 Å². The van der Waals surface area contributed by atoms with Crippen molar-refractivity contribution < 1.29 is 9.90 Å². The summed E-state index contributed by atoms with van der Waals surface area (Å²) in [5.74, 6) is -0.897. The Hall–Kier alpha value is -2.35. The maximum absolute atomic E-state index is 11.2. The quantitative estimate of drug-likeness (QED) is 0.824. The van der Waals surface area contributed by atoms with Gasteiger partial charge in [-0.3, -0.25) is 0 Å². The Morgan fingerprint density at radius 1 is 1.06 bits per heavy atom. The molecule has 2 rings (SSSR count). The van der Waals surface area contributed by atoms with Crippen molar-refractivity contribution in [1.29, 1.82) is 0 Å². The van der Waals surface area contributed by atoms with Crippen LogP contribution in [0.4, 0.5) is 0 Å². The molecule has 0 spiro atoms. The number of carbonyl (C=O) groups is 1. The van der Waals surface area contributed by atoms with Crippen LogP contribution in [-0.2, 0) is 0 Å². The Kier molecular flexibility index (Phi) is 3.58. The minimum Gasteiger partial charge on any atom is -0.478 e. The van der Waals surface area contributed by atoms with Crippen LogP contribution in [0.2, 0.25) is 0 Å². The van der Waals surface area contributed by atoms with E-state index in [1.54, 1.807) is 6.07 Å². The number of aromatic carboxylic acids is 1. The second-order valence-corrected chi connectivity index (χ2v) is 4.14. The smallest absolute Gasteiger partial charge is 0.336 e. The summed E-state index contributed by atoms with van der Waals surface area (Å²) < 4.78 is 0. The van der Waals surface area contributed by atoms with E-state index in [0.29, 0.717) is 5.56 Å². The average Bonchev–Trinajstić information content (AvgIpc) is 2.38. The Balaban J connectivity index is 2.35. The molecule has 2 aromatic carbocycles.